The predicted octanol–water partition coefficient (Wildman–Crippen LogP) is 3.66. The van der Waals surface area contributed by atoms with Gasteiger partial charge in [0.05, 0.1) is 5.41 Å². The van der Waals surface area contributed by atoms with Crippen LogP contribution in [0.4, 0.5) is 0 Å². The van der Waals surface area contributed by atoms with E-state index < -0.39 is 0 Å². The number of allylic oxidation sites excluding steroid dienone is 2. The first kappa shape index (κ1) is 9.34. The van der Waals surface area contributed by atoms with Gasteiger partial charge in [-0.3, -0.25) is 4.79 Å². The van der Waals surface area contributed by atoms with Crippen LogP contribution in [0.1, 0.15) is 37.0 Å². The van der Waals surface area contributed by atoms with Crippen LogP contribution in [0.5, 0.6) is 0 Å². The van der Waals surface area contributed by atoms with Crippen molar-refractivity contribution in [3.8, 4) is 0 Å². The van der Waals surface area contributed by atoms with Crippen molar-refractivity contribution < 1.29 is 4.79 Å². The number of thiophene rings is 1. The molecule has 1 saturated carbocycles. The number of hydrogen-bond acceptors (Lipinski definition) is 2. The quantitative estimate of drug-likeness (QED) is 0.703. The summed E-state index contributed by atoms with van der Waals surface area (Å²) in [5.74, 6) is 0.486. The maximum atomic E-state index is 12.1. The van der Waals surface area contributed by atoms with E-state index in [0.29, 0.717) is 5.78 Å². The molecule has 1 fully saturated rings. The first-order valence-electron chi connectivity index (χ1n) is 5.61. The molecule has 0 aromatic carbocycles. The molecule has 3 rings (SSSR count). The van der Waals surface area contributed by atoms with Crippen LogP contribution in [0.2, 0.25) is 0 Å². The molecule has 0 bridgehead atoms. The van der Waals surface area contributed by atoms with E-state index >= 15 is 0 Å². The summed E-state index contributed by atoms with van der Waals surface area (Å²) in [6.07, 6.45) is 7.38. The minimum absolute atomic E-state index is 0.0785. The first-order valence-corrected chi connectivity index (χ1v) is 6.49. The van der Waals surface area contributed by atoms with Crippen molar-refractivity contribution in [1.29, 1.82) is 0 Å². The molecule has 0 unspecified atom stereocenters. The summed E-state index contributed by atoms with van der Waals surface area (Å²) in [7, 11) is 0. The van der Waals surface area contributed by atoms with E-state index in [1.54, 1.807) is 11.3 Å². The minimum atomic E-state index is -0.0785. The zero-order valence-electron chi connectivity index (χ0n) is 8.66. The van der Waals surface area contributed by atoms with E-state index in [9.17, 15) is 4.79 Å². The monoisotopic (exact) mass is 218 g/mol. The molecule has 0 radical (unpaired) electrons. The second-order valence-corrected chi connectivity index (χ2v) is 5.44. The molecule has 2 heteroatoms. The van der Waals surface area contributed by atoms with Gasteiger partial charge in [0.1, 0.15) is 5.78 Å². The van der Waals surface area contributed by atoms with E-state index in [4.69, 9.17) is 0 Å². The number of rotatable bonds is 1. The van der Waals surface area contributed by atoms with Crippen molar-refractivity contribution in [3.05, 3.63) is 28.5 Å². The number of hydrogen-bond donors (Lipinski definition) is 0. The lowest BCUT2D eigenvalue weighted by Gasteiger charge is -2.24. The first-order chi connectivity index (χ1) is 7.33. The normalized spacial score (nSPS) is 30.1. The van der Waals surface area contributed by atoms with Crippen molar-refractivity contribution in [2.75, 3.05) is 0 Å². The minimum Gasteiger partial charge on any atom is -0.299 e. The van der Waals surface area contributed by atoms with Crippen molar-refractivity contribution in [2.45, 2.75) is 32.1 Å². The number of Topliss-reactive ketones (excluding diaryl/α,β-unsaturated/α-hetero) is 1. The Labute approximate surface area is 93.8 Å². The van der Waals surface area contributed by atoms with E-state index in [1.165, 1.54) is 10.5 Å². The molecular weight excluding hydrogens is 204 g/mol. The standard InChI is InChI=1S/C13H14OS/c14-12-6-2-8-13(12)7-1-4-10(13)11-5-3-9-15-11/h3-5,9H,1-2,6-8H2/t13-/m0/s1. The van der Waals surface area contributed by atoms with Crippen LogP contribution >= 0.6 is 11.3 Å². The van der Waals surface area contributed by atoms with Crippen LogP contribution in [0.15, 0.2) is 23.6 Å². The van der Waals surface area contributed by atoms with Gasteiger partial charge in [0.15, 0.2) is 0 Å². The molecule has 0 amide bonds. The molecule has 1 spiro atoms. The largest absolute Gasteiger partial charge is 0.299 e. The van der Waals surface area contributed by atoms with Gasteiger partial charge < -0.3 is 0 Å². The summed E-state index contributed by atoms with van der Waals surface area (Å²) in [5.41, 5.74) is 1.25. The molecule has 0 aliphatic heterocycles. The summed E-state index contributed by atoms with van der Waals surface area (Å²) >= 11 is 1.76. The van der Waals surface area contributed by atoms with Crippen LogP contribution in [-0.2, 0) is 4.79 Å². The summed E-state index contributed by atoms with van der Waals surface area (Å²) in [5, 5.41) is 2.10. The van der Waals surface area contributed by atoms with Gasteiger partial charge in [-0.1, -0.05) is 12.1 Å². The Morgan fingerprint density at radius 2 is 2.27 bits per heavy atom. The van der Waals surface area contributed by atoms with Crippen LogP contribution in [0.25, 0.3) is 5.57 Å². The van der Waals surface area contributed by atoms with Crippen molar-refractivity contribution in [2.24, 2.45) is 5.41 Å². The van der Waals surface area contributed by atoms with Crippen molar-refractivity contribution >= 4 is 22.7 Å². The molecule has 1 heterocycles. The highest BCUT2D eigenvalue weighted by Crippen LogP contribution is 2.53. The molecule has 1 aromatic rings. The van der Waals surface area contributed by atoms with Gasteiger partial charge in [0.25, 0.3) is 0 Å². The summed E-state index contributed by atoms with van der Waals surface area (Å²) in [6.45, 7) is 0. The predicted molar refractivity (Wildman–Crippen MR) is 62.8 cm³/mol. The van der Waals surface area contributed by atoms with Crippen molar-refractivity contribution in [1.82, 2.24) is 0 Å². The van der Waals surface area contributed by atoms with E-state index in [1.807, 2.05) is 0 Å². The highest BCUT2D eigenvalue weighted by atomic mass is 32.1. The SMILES string of the molecule is O=C1CCC[C@]12CCC=C2c1cccs1. The van der Waals surface area contributed by atoms with Crippen molar-refractivity contribution in [3.63, 3.8) is 0 Å². The van der Waals surface area contributed by atoms with Gasteiger partial charge in [-0.15, -0.1) is 11.3 Å². The lowest BCUT2D eigenvalue weighted by molar-refractivity contribution is -0.123. The third-order valence-electron chi connectivity index (χ3n) is 3.76. The number of carbonyl (C=O) groups is 1. The van der Waals surface area contributed by atoms with Gasteiger partial charge in [-0.05, 0) is 42.7 Å². The summed E-state index contributed by atoms with van der Waals surface area (Å²) in [4.78, 5) is 13.4. The molecule has 1 aromatic heterocycles. The topological polar surface area (TPSA) is 17.1 Å². The Kier molecular flexibility index (Phi) is 2.06. The maximum absolute atomic E-state index is 12.1. The number of ketones is 1. The molecule has 78 valence electrons. The molecule has 0 N–H and O–H groups in total. The highest BCUT2D eigenvalue weighted by Gasteiger charge is 2.47. The Bertz CT molecular complexity index is 416. The second kappa shape index (κ2) is 3.31. The third-order valence-corrected chi connectivity index (χ3v) is 4.67. The number of carbonyl (C=O) groups excluding carboxylic acids is 1. The van der Waals surface area contributed by atoms with Gasteiger partial charge in [-0.2, -0.15) is 0 Å². The fourth-order valence-electron chi connectivity index (χ4n) is 3.04. The Morgan fingerprint density at radius 1 is 1.33 bits per heavy atom. The smallest absolute Gasteiger partial charge is 0.143 e. The Hall–Kier alpha value is -0.890. The van der Waals surface area contributed by atoms with Gasteiger partial charge in [-0.25, -0.2) is 0 Å². The summed E-state index contributed by atoms with van der Waals surface area (Å²) in [6, 6.07) is 4.22. The maximum Gasteiger partial charge on any atom is 0.143 e. The summed E-state index contributed by atoms with van der Waals surface area (Å²) < 4.78 is 0. The van der Waals surface area contributed by atoms with E-state index in [0.717, 1.165) is 32.1 Å². The second-order valence-electron chi connectivity index (χ2n) is 4.49. The molecule has 0 saturated heterocycles. The van der Waals surface area contributed by atoms with Crippen LogP contribution in [-0.4, -0.2) is 5.78 Å². The van der Waals surface area contributed by atoms with E-state index in [-0.39, 0.29) is 5.41 Å². The van der Waals surface area contributed by atoms with E-state index in [2.05, 4.69) is 23.6 Å². The van der Waals surface area contributed by atoms with Crippen LogP contribution in [0.3, 0.4) is 0 Å². The average molecular weight is 218 g/mol. The fraction of sp³-hybridized carbons (Fsp3) is 0.462. The molecule has 2 aliphatic carbocycles. The van der Waals surface area contributed by atoms with Gasteiger partial charge >= 0.3 is 0 Å². The molecular formula is C13H14OS. The average Bonchev–Trinajstić information content (AvgIpc) is 2.92. The van der Waals surface area contributed by atoms with Crippen LogP contribution < -0.4 is 0 Å². The lowest BCUT2D eigenvalue weighted by atomic mass is 9.78. The molecule has 1 nitrogen and oxygen atoms in total. The highest BCUT2D eigenvalue weighted by molar-refractivity contribution is 7.11. The third kappa shape index (κ3) is 1.24. The van der Waals surface area contributed by atoms with Gasteiger partial charge in [0.2, 0.25) is 0 Å². The zero-order chi connectivity index (χ0) is 10.3. The fourth-order valence-corrected chi connectivity index (χ4v) is 3.91. The molecule has 2 aliphatic rings. The van der Waals surface area contributed by atoms with Gasteiger partial charge in [0, 0.05) is 11.3 Å². The Balaban J connectivity index is 2.05. The van der Waals surface area contributed by atoms with Crippen LogP contribution in [0, 0.1) is 5.41 Å². The Morgan fingerprint density at radius 3 is 2.93 bits per heavy atom. The lowest BCUT2D eigenvalue weighted by Crippen LogP contribution is -2.23. The molecule has 1 atom stereocenters. The molecule has 15 heavy (non-hydrogen) atoms. The zero-order valence-corrected chi connectivity index (χ0v) is 9.48.